The molecular formula is C31H36ClN7O3. The molecule has 220 valence electrons. The van der Waals surface area contributed by atoms with Crippen LogP contribution in [0, 0.1) is 11.3 Å². The van der Waals surface area contributed by atoms with Crippen molar-refractivity contribution in [3.05, 3.63) is 59.0 Å². The van der Waals surface area contributed by atoms with E-state index >= 15 is 0 Å². The number of piperidine rings is 2. The Bertz CT molecular complexity index is 1530. The molecule has 3 aromatic rings. The van der Waals surface area contributed by atoms with Gasteiger partial charge < -0.3 is 10.6 Å². The fourth-order valence-corrected chi connectivity index (χ4v) is 6.43. The quantitative estimate of drug-likeness (QED) is 0.352. The highest BCUT2D eigenvalue weighted by Gasteiger charge is 2.33. The molecule has 11 heteroatoms. The Hall–Kier alpha value is -3.76. The van der Waals surface area contributed by atoms with Gasteiger partial charge in [0.25, 0.3) is 0 Å². The van der Waals surface area contributed by atoms with E-state index in [9.17, 15) is 14.4 Å². The van der Waals surface area contributed by atoms with Crippen LogP contribution in [0.2, 0.25) is 5.02 Å². The lowest BCUT2D eigenvalue weighted by Gasteiger charge is -2.32. The van der Waals surface area contributed by atoms with Gasteiger partial charge in [-0.2, -0.15) is 5.10 Å². The lowest BCUT2D eigenvalue weighted by molar-refractivity contribution is -0.133. The Labute approximate surface area is 250 Å². The molecule has 2 saturated heterocycles. The number of nitrogens with one attached hydrogen (secondary N) is 3. The number of benzene rings is 1. The summed E-state index contributed by atoms with van der Waals surface area (Å²) in [6, 6.07) is 9.36. The second-order valence-corrected chi connectivity index (χ2v) is 12.8. The zero-order valence-electron chi connectivity index (χ0n) is 24.0. The van der Waals surface area contributed by atoms with E-state index in [1.54, 1.807) is 6.20 Å². The number of para-hydroxylation sites is 1. The predicted molar refractivity (Wildman–Crippen MR) is 161 cm³/mol. The number of amides is 3. The largest absolute Gasteiger partial charge is 0.373 e. The molecule has 3 aliphatic heterocycles. The fraction of sp³-hybridized carbons (Fsp3) is 0.452. The highest BCUT2D eigenvalue weighted by molar-refractivity contribution is 6.33. The van der Waals surface area contributed by atoms with Crippen molar-refractivity contribution < 1.29 is 14.4 Å². The van der Waals surface area contributed by atoms with Gasteiger partial charge in [0.15, 0.2) is 0 Å². The van der Waals surface area contributed by atoms with Crippen molar-refractivity contribution in [1.82, 2.24) is 25.0 Å². The van der Waals surface area contributed by atoms with E-state index in [4.69, 9.17) is 11.6 Å². The molecule has 1 unspecified atom stereocenters. The average Bonchev–Trinajstić information content (AvgIpc) is 3.47. The van der Waals surface area contributed by atoms with Gasteiger partial charge in [0.1, 0.15) is 11.9 Å². The molecule has 3 amide bonds. The van der Waals surface area contributed by atoms with Gasteiger partial charge in [-0.3, -0.25) is 29.3 Å². The van der Waals surface area contributed by atoms with E-state index in [2.05, 4.69) is 44.8 Å². The summed E-state index contributed by atoms with van der Waals surface area (Å²) in [6.45, 7) is 7.60. The Morgan fingerprint density at radius 2 is 1.90 bits per heavy atom. The van der Waals surface area contributed by atoms with Crippen molar-refractivity contribution in [2.75, 3.05) is 23.7 Å². The minimum Gasteiger partial charge on any atom is -0.373 e. The molecule has 0 aliphatic carbocycles. The normalized spacial score (nSPS) is 20.7. The van der Waals surface area contributed by atoms with Gasteiger partial charge in [-0.15, -0.1) is 0 Å². The zero-order chi connectivity index (χ0) is 29.4. The van der Waals surface area contributed by atoms with Crippen molar-refractivity contribution in [1.29, 1.82) is 0 Å². The van der Waals surface area contributed by atoms with Crippen molar-refractivity contribution in [2.24, 2.45) is 11.3 Å². The first-order chi connectivity index (χ1) is 20.1. The predicted octanol–water partition coefficient (Wildman–Crippen LogP) is 4.25. The summed E-state index contributed by atoms with van der Waals surface area (Å²) >= 11 is 6.55. The van der Waals surface area contributed by atoms with Gasteiger partial charge in [-0.25, -0.2) is 4.98 Å². The number of pyridine rings is 1. The molecule has 3 N–H and O–H groups in total. The molecule has 0 saturated carbocycles. The average molecular weight is 590 g/mol. The third-order valence-corrected chi connectivity index (χ3v) is 8.81. The Morgan fingerprint density at radius 1 is 1.12 bits per heavy atom. The second-order valence-electron chi connectivity index (χ2n) is 12.4. The Balaban J connectivity index is 1.05. The van der Waals surface area contributed by atoms with Crippen LogP contribution < -0.4 is 16.0 Å². The van der Waals surface area contributed by atoms with Crippen LogP contribution in [0.3, 0.4) is 0 Å². The molecule has 0 spiro atoms. The summed E-state index contributed by atoms with van der Waals surface area (Å²) in [5.74, 6) is -0.158. The molecule has 0 radical (unpaired) electrons. The molecule has 1 atom stereocenters. The zero-order valence-corrected chi connectivity index (χ0v) is 24.7. The lowest BCUT2D eigenvalue weighted by atomic mass is 9.89. The maximum Gasteiger partial charge on any atom is 0.249 e. The van der Waals surface area contributed by atoms with Crippen LogP contribution in [0.4, 0.5) is 11.5 Å². The number of fused-ring (bicyclic) bond motifs is 1. The molecule has 2 fully saturated rings. The van der Waals surface area contributed by atoms with E-state index in [1.807, 2.05) is 41.2 Å². The molecular weight excluding hydrogens is 554 g/mol. The highest BCUT2D eigenvalue weighted by atomic mass is 35.5. The molecule has 0 bridgehead atoms. The number of halogens is 1. The number of imide groups is 1. The number of nitrogens with zero attached hydrogens (tertiary/aromatic N) is 4. The molecule has 3 aliphatic rings. The highest BCUT2D eigenvalue weighted by Crippen LogP contribution is 2.39. The molecule has 5 heterocycles. The first kappa shape index (κ1) is 28.4. The summed E-state index contributed by atoms with van der Waals surface area (Å²) < 4.78 is 2.04. The van der Waals surface area contributed by atoms with Gasteiger partial charge in [-0.05, 0) is 61.9 Å². The number of carbonyl (C=O) groups is 3. The number of hydrogen-bond donors (Lipinski definition) is 3. The maximum atomic E-state index is 13.2. The summed E-state index contributed by atoms with van der Waals surface area (Å²) in [5, 5.41) is 13.9. The first-order valence-electron chi connectivity index (χ1n) is 14.6. The van der Waals surface area contributed by atoms with E-state index < -0.39 is 6.04 Å². The maximum absolute atomic E-state index is 13.2. The standard InChI is InChI=1S/C31H36ClN7O3/c1-31(2)14-26-22(15-34-39(26)18-31)21-13-27(33-16-23(21)32)36-29(41)19-9-11-38(12-10-19)17-20-5-3-4-6-24(20)35-25-7-8-28(40)37-30(25)42/h3-6,13,15-16,19,25,35H,7-12,14,17-18H2,1-2H3,(H,33,36,41)(H,37,40,42). The monoisotopic (exact) mass is 589 g/mol. The van der Waals surface area contributed by atoms with Crippen LogP contribution in [-0.4, -0.2) is 56.5 Å². The second kappa shape index (κ2) is 11.5. The van der Waals surface area contributed by atoms with Gasteiger partial charge in [0, 0.05) is 54.1 Å². The first-order valence-corrected chi connectivity index (χ1v) is 14.9. The van der Waals surface area contributed by atoms with E-state index in [1.165, 1.54) is 0 Å². The molecule has 10 nitrogen and oxygen atoms in total. The van der Waals surface area contributed by atoms with Crippen LogP contribution in [0.25, 0.3) is 11.1 Å². The van der Waals surface area contributed by atoms with Crippen LogP contribution >= 0.6 is 11.6 Å². The van der Waals surface area contributed by atoms with Crippen LogP contribution in [0.15, 0.2) is 42.7 Å². The smallest absolute Gasteiger partial charge is 0.249 e. The SMILES string of the molecule is CC1(C)Cc2c(-c3cc(NC(=O)C4CCN(Cc5ccccc5NC5CCC(=O)NC5=O)CC4)ncc3Cl)cnn2C1. The number of aromatic nitrogens is 3. The van der Waals surface area contributed by atoms with Gasteiger partial charge >= 0.3 is 0 Å². The van der Waals surface area contributed by atoms with E-state index in [-0.39, 0.29) is 29.1 Å². The summed E-state index contributed by atoms with van der Waals surface area (Å²) in [6.07, 6.45) is 6.65. The minimum absolute atomic E-state index is 0.0308. The van der Waals surface area contributed by atoms with E-state index in [0.717, 1.165) is 67.0 Å². The number of anilines is 2. The third-order valence-electron chi connectivity index (χ3n) is 8.51. The summed E-state index contributed by atoms with van der Waals surface area (Å²) in [5.41, 5.74) is 5.11. The van der Waals surface area contributed by atoms with Crippen molar-refractivity contribution in [2.45, 2.75) is 65.1 Å². The Kier molecular flexibility index (Phi) is 7.76. The van der Waals surface area contributed by atoms with Crippen LogP contribution in [0.1, 0.15) is 50.8 Å². The van der Waals surface area contributed by atoms with Gasteiger partial charge in [-0.1, -0.05) is 43.6 Å². The van der Waals surface area contributed by atoms with Crippen molar-refractivity contribution in [3.8, 4) is 11.1 Å². The molecule has 2 aromatic heterocycles. The van der Waals surface area contributed by atoms with E-state index in [0.29, 0.717) is 30.2 Å². The number of rotatable bonds is 7. The topological polar surface area (TPSA) is 121 Å². The minimum atomic E-state index is -0.429. The van der Waals surface area contributed by atoms with Crippen LogP contribution in [0.5, 0.6) is 0 Å². The van der Waals surface area contributed by atoms with Crippen molar-refractivity contribution >= 4 is 40.8 Å². The molecule has 6 rings (SSSR count). The number of likely N-dealkylation sites (tertiary alicyclic amines) is 1. The van der Waals surface area contributed by atoms with Crippen molar-refractivity contribution in [3.63, 3.8) is 0 Å². The summed E-state index contributed by atoms with van der Waals surface area (Å²) in [4.78, 5) is 43.7. The van der Waals surface area contributed by atoms with Gasteiger partial charge in [0.2, 0.25) is 17.7 Å². The lowest BCUT2D eigenvalue weighted by Crippen LogP contribution is -2.47. The Morgan fingerprint density at radius 3 is 2.69 bits per heavy atom. The fourth-order valence-electron chi connectivity index (χ4n) is 6.23. The molecule has 1 aromatic carbocycles. The third kappa shape index (κ3) is 6.05. The number of carbonyl (C=O) groups excluding carboxylic acids is 3. The van der Waals surface area contributed by atoms with Gasteiger partial charge in [0.05, 0.1) is 11.2 Å². The summed E-state index contributed by atoms with van der Waals surface area (Å²) in [7, 11) is 0. The van der Waals surface area contributed by atoms with Crippen LogP contribution in [-0.2, 0) is 33.9 Å². The number of hydrogen-bond acceptors (Lipinski definition) is 7. The molecule has 42 heavy (non-hydrogen) atoms.